The number of carbonyl (C=O) groups excluding carboxylic acids is 1. The number of nitrogens with zero attached hydrogens (tertiary/aromatic N) is 1. The van der Waals surface area contributed by atoms with E-state index in [-0.39, 0.29) is 22.4 Å². The highest BCUT2D eigenvalue weighted by atomic mass is 19.3. The van der Waals surface area contributed by atoms with E-state index in [1.165, 1.54) is 24.3 Å². The maximum Gasteiger partial charge on any atom is 0.586 e. The molecular weight excluding hydrogens is 350 g/mol. The molecule has 0 fully saturated rings. The SMILES string of the molecule is N#Cc1ccc(O)c(C(=O)NC(=N)N)c1-c1cccc2c1OC(F)(F)O2. The van der Waals surface area contributed by atoms with Crippen LogP contribution >= 0.6 is 0 Å². The number of phenols is 1. The van der Waals surface area contributed by atoms with E-state index in [4.69, 9.17) is 11.1 Å². The van der Waals surface area contributed by atoms with Crippen LogP contribution in [0.2, 0.25) is 0 Å². The van der Waals surface area contributed by atoms with Crippen LogP contribution in [-0.2, 0) is 0 Å². The van der Waals surface area contributed by atoms with Crippen molar-refractivity contribution in [2.75, 3.05) is 0 Å². The molecule has 2 aromatic rings. The summed E-state index contributed by atoms with van der Waals surface area (Å²) in [7, 11) is 0. The highest BCUT2D eigenvalue weighted by Crippen LogP contribution is 2.49. The van der Waals surface area contributed by atoms with Crippen LogP contribution in [-0.4, -0.2) is 23.3 Å². The van der Waals surface area contributed by atoms with Gasteiger partial charge in [0, 0.05) is 11.1 Å². The third kappa shape index (κ3) is 2.82. The second-order valence-corrected chi connectivity index (χ2v) is 5.16. The topological polar surface area (TPSA) is 141 Å². The first-order valence-corrected chi connectivity index (χ1v) is 7.04. The van der Waals surface area contributed by atoms with Gasteiger partial charge in [-0.3, -0.25) is 15.5 Å². The molecule has 26 heavy (non-hydrogen) atoms. The standard InChI is InChI=1S/C16H10F2N4O4/c17-16(18)25-10-3-1-2-8(13(10)26-16)11-7(6-19)4-5-9(23)12(11)14(24)22-15(20)21/h1-5,23H,(H4,20,21,22,24). The summed E-state index contributed by atoms with van der Waals surface area (Å²) in [6.07, 6.45) is -3.91. The number of guanidine groups is 1. The zero-order chi connectivity index (χ0) is 19.1. The van der Waals surface area contributed by atoms with Crippen LogP contribution in [0, 0.1) is 16.7 Å². The third-order valence-corrected chi connectivity index (χ3v) is 3.48. The molecule has 2 aromatic carbocycles. The van der Waals surface area contributed by atoms with Gasteiger partial charge in [-0.1, -0.05) is 12.1 Å². The molecular formula is C16H10F2N4O4. The lowest BCUT2D eigenvalue weighted by atomic mass is 9.92. The Morgan fingerprint density at radius 2 is 2.04 bits per heavy atom. The molecule has 10 heteroatoms. The number of nitriles is 1. The van der Waals surface area contributed by atoms with Crippen molar-refractivity contribution >= 4 is 11.9 Å². The summed E-state index contributed by atoms with van der Waals surface area (Å²) < 4.78 is 35.7. The van der Waals surface area contributed by atoms with E-state index in [0.29, 0.717) is 0 Å². The smallest absolute Gasteiger partial charge is 0.507 e. The fourth-order valence-electron chi connectivity index (χ4n) is 2.55. The molecule has 0 atom stereocenters. The van der Waals surface area contributed by atoms with E-state index in [2.05, 4.69) is 9.47 Å². The van der Waals surface area contributed by atoms with Crippen molar-refractivity contribution in [2.45, 2.75) is 6.29 Å². The Morgan fingerprint density at radius 3 is 2.69 bits per heavy atom. The molecule has 0 aliphatic carbocycles. The number of aromatic hydroxyl groups is 1. The zero-order valence-electron chi connectivity index (χ0n) is 12.8. The second kappa shape index (κ2) is 5.89. The highest BCUT2D eigenvalue weighted by molar-refractivity contribution is 6.11. The van der Waals surface area contributed by atoms with Crippen LogP contribution in [0.5, 0.6) is 17.2 Å². The average molecular weight is 360 g/mol. The summed E-state index contributed by atoms with van der Waals surface area (Å²) in [5, 5.41) is 28.6. The van der Waals surface area contributed by atoms with E-state index in [1.807, 2.05) is 11.4 Å². The lowest BCUT2D eigenvalue weighted by molar-refractivity contribution is -0.286. The number of ether oxygens (including phenoxy) is 2. The minimum absolute atomic E-state index is 0.0687. The Bertz CT molecular complexity index is 985. The number of hydrogen-bond donors (Lipinski definition) is 4. The maximum atomic E-state index is 13.4. The van der Waals surface area contributed by atoms with Crippen LogP contribution < -0.4 is 20.5 Å². The van der Waals surface area contributed by atoms with Gasteiger partial charge in [0.1, 0.15) is 5.75 Å². The first kappa shape index (κ1) is 17.0. The number of hydrogen-bond acceptors (Lipinski definition) is 6. The van der Waals surface area contributed by atoms with Crippen molar-refractivity contribution in [1.29, 1.82) is 10.7 Å². The molecule has 0 unspecified atom stereocenters. The third-order valence-electron chi connectivity index (χ3n) is 3.48. The number of benzene rings is 2. The van der Waals surface area contributed by atoms with Crippen molar-refractivity contribution in [3.63, 3.8) is 0 Å². The minimum atomic E-state index is -3.91. The van der Waals surface area contributed by atoms with E-state index >= 15 is 0 Å². The van der Waals surface area contributed by atoms with Gasteiger partial charge in [-0.05, 0) is 18.2 Å². The van der Waals surface area contributed by atoms with Crippen LogP contribution in [0.1, 0.15) is 15.9 Å². The normalized spacial score (nSPS) is 13.7. The predicted octanol–water partition coefficient (Wildman–Crippen LogP) is 1.88. The van der Waals surface area contributed by atoms with Crippen LogP contribution in [0.25, 0.3) is 11.1 Å². The summed E-state index contributed by atoms with van der Waals surface area (Å²) in [6, 6.07) is 8.03. The molecule has 0 spiro atoms. The fraction of sp³-hybridized carbons (Fsp3) is 0.0625. The summed E-state index contributed by atoms with van der Waals surface area (Å²) in [5.74, 6) is -2.92. The maximum absolute atomic E-state index is 13.4. The van der Waals surface area contributed by atoms with Crippen LogP contribution in [0.15, 0.2) is 30.3 Å². The molecule has 0 radical (unpaired) electrons. The second-order valence-electron chi connectivity index (χ2n) is 5.16. The van der Waals surface area contributed by atoms with Crippen molar-refractivity contribution in [1.82, 2.24) is 5.32 Å². The van der Waals surface area contributed by atoms with Crippen LogP contribution in [0.4, 0.5) is 8.78 Å². The number of halogens is 2. The quantitative estimate of drug-likeness (QED) is 0.476. The number of carbonyl (C=O) groups is 1. The van der Waals surface area contributed by atoms with Gasteiger partial charge in [-0.25, -0.2) is 0 Å². The Hall–Kier alpha value is -3.87. The first-order chi connectivity index (χ1) is 12.2. The number of nitrogens with two attached hydrogens (primary N) is 1. The summed E-state index contributed by atoms with van der Waals surface area (Å²) in [4.78, 5) is 12.3. The monoisotopic (exact) mass is 360 g/mol. The number of fused-ring (bicyclic) bond motifs is 1. The Morgan fingerprint density at radius 1 is 1.31 bits per heavy atom. The number of alkyl halides is 2. The molecule has 0 saturated carbocycles. The van der Waals surface area contributed by atoms with Gasteiger partial charge in [-0.2, -0.15) is 5.26 Å². The molecule has 3 rings (SSSR count). The molecule has 0 aromatic heterocycles. The molecule has 5 N–H and O–H groups in total. The molecule has 1 amide bonds. The first-order valence-electron chi connectivity index (χ1n) is 7.04. The van der Waals surface area contributed by atoms with E-state index < -0.39 is 35.2 Å². The molecule has 0 bridgehead atoms. The number of para-hydroxylation sites is 1. The lowest BCUT2D eigenvalue weighted by Gasteiger charge is -2.14. The van der Waals surface area contributed by atoms with E-state index in [9.17, 15) is 23.9 Å². The Balaban J connectivity index is 2.29. The molecule has 0 saturated heterocycles. The van der Waals surface area contributed by atoms with Gasteiger partial charge in [0.05, 0.1) is 17.2 Å². The molecule has 1 heterocycles. The van der Waals surface area contributed by atoms with Gasteiger partial charge in [0.2, 0.25) is 0 Å². The van der Waals surface area contributed by atoms with Crippen LogP contribution in [0.3, 0.4) is 0 Å². The average Bonchev–Trinajstić information content (AvgIpc) is 2.87. The zero-order valence-corrected chi connectivity index (χ0v) is 12.8. The van der Waals surface area contributed by atoms with Gasteiger partial charge in [0.25, 0.3) is 5.91 Å². The lowest BCUT2D eigenvalue weighted by Crippen LogP contribution is -2.36. The van der Waals surface area contributed by atoms with Crippen molar-refractivity contribution in [2.24, 2.45) is 5.73 Å². The van der Waals surface area contributed by atoms with Crippen molar-refractivity contribution in [3.05, 3.63) is 41.5 Å². The predicted molar refractivity (Wildman–Crippen MR) is 83.8 cm³/mol. The number of phenolic OH excluding ortho intramolecular Hbond substituents is 1. The van der Waals surface area contributed by atoms with Crippen molar-refractivity contribution in [3.8, 4) is 34.4 Å². The summed E-state index contributed by atoms with van der Waals surface area (Å²) >= 11 is 0. The van der Waals surface area contributed by atoms with Gasteiger partial charge in [0.15, 0.2) is 17.5 Å². The fourth-order valence-corrected chi connectivity index (χ4v) is 2.55. The number of rotatable bonds is 2. The molecule has 8 nitrogen and oxygen atoms in total. The van der Waals surface area contributed by atoms with Gasteiger partial charge in [-0.15, -0.1) is 8.78 Å². The van der Waals surface area contributed by atoms with Crippen molar-refractivity contribution < 1.29 is 28.2 Å². The molecule has 132 valence electrons. The highest BCUT2D eigenvalue weighted by Gasteiger charge is 2.45. The largest absolute Gasteiger partial charge is 0.586 e. The Labute approximate surface area is 144 Å². The molecule has 1 aliphatic rings. The molecule has 1 aliphatic heterocycles. The van der Waals surface area contributed by atoms with Gasteiger partial charge < -0.3 is 20.3 Å². The van der Waals surface area contributed by atoms with E-state index in [0.717, 1.165) is 6.07 Å². The van der Waals surface area contributed by atoms with E-state index in [1.54, 1.807) is 0 Å². The van der Waals surface area contributed by atoms with Gasteiger partial charge >= 0.3 is 6.29 Å². The number of amides is 1. The summed E-state index contributed by atoms with van der Waals surface area (Å²) in [6.45, 7) is 0. The summed E-state index contributed by atoms with van der Waals surface area (Å²) in [5.41, 5.74) is 4.38. The Kier molecular flexibility index (Phi) is 3.84. The number of nitrogens with one attached hydrogen (secondary N) is 2. The minimum Gasteiger partial charge on any atom is -0.507 e.